The lowest BCUT2D eigenvalue weighted by Crippen LogP contribution is -2.51. The highest BCUT2D eigenvalue weighted by molar-refractivity contribution is 7.98. The number of amides is 2. The summed E-state index contributed by atoms with van der Waals surface area (Å²) in [7, 11) is 0. The molecule has 3 rings (SSSR count). The third-order valence-electron chi connectivity index (χ3n) is 5.83. The van der Waals surface area contributed by atoms with Crippen LogP contribution in [-0.4, -0.2) is 52.8 Å². The molecule has 170 valence electrons. The minimum atomic E-state index is -0.639. The van der Waals surface area contributed by atoms with Crippen LogP contribution >= 0.6 is 11.8 Å². The fourth-order valence-corrected chi connectivity index (χ4v) is 4.49. The zero-order valence-corrected chi connectivity index (χ0v) is 19.1. The first-order valence-electron chi connectivity index (χ1n) is 10.8. The third-order valence-corrected chi connectivity index (χ3v) is 6.47. The predicted octanol–water partition coefficient (Wildman–Crippen LogP) is 3.93. The maximum absolute atomic E-state index is 13.2. The molecule has 1 heterocycles. The normalized spacial score (nSPS) is 15.2. The second-order valence-electron chi connectivity index (χ2n) is 8.07. The highest BCUT2D eigenvalue weighted by Crippen LogP contribution is 2.23. The minimum absolute atomic E-state index is 0.0732. The van der Waals surface area contributed by atoms with Crippen molar-refractivity contribution in [1.82, 2.24) is 10.2 Å². The van der Waals surface area contributed by atoms with Gasteiger partial charge in [0.2, 0.25) is 5.91 Å². The third kappa shape index (κ3) is 6.56. The van der Waals surface area contributed by atoms with Gasteiger partial charge in [0.05, 0.1) is 4.92 Å². The van der Waals surface area contributed by atoms with Crippen LogP contribution in [0.15, 0.2) is 54.6 Å². The number of thioether (sulfide) groups is 1. The van der Waals surface area contributed by atoms with E-state index in [2.05, 4.69) is 17.4 Å². The number of hydrogen-bond donors (Lipinski definition) is 1. The summed E-state index contributed by atoms with van der Waals surface area (Å²) in [6.07, 6.45) is 5.37. The molecule has 1 fully saturated rings. The molecule has 2 aromatic rings. The predicted molar refractivity (Wildman–Crippen MR) is 127 cm³/mol. The van der Waals surface area contributed by atoms with E-state index in [1.54, 1.807) is 11.8 Å². The Kier molecular flexibility index (Phi) is 8.67. The van der Waals surface area contributed by atoms with Crippen molar-refractivity contribution in [3.63, 3.8) is 0 Å². The summed E-state index contributed by atoms with van der Waals surface area (Å²) in [5.41, 5.74) is 1.35. The van der Waals surface area contributed by atoms with Crippen molar-refractivity contribution in [3.05, 3.63) is 75.8 Å². The zero-order chi connectivity index (χ0) is 22.9. The summed E-state index contributed by atoms with van der Waals surface area (Å²) in [6.45, 7) is 1.36. The minimum Gasteiger partial charge on any atom is -0.341 e. The van der Waals surface area contributed by atoms with Gasteiger partial charge in [0.15, 0.2) is 0 Å². The second kappa shape index (κ2) is 11.7. The molecule has 1 aliphatic rings. The number of hydrogen-bond acceptors (Lipinski definition) is 5. The number of likely N-dealkylation sites (tertiary alicyclic amines) is 1. The van der Waals surface area contributed by atoms with Gasteiger partial charge in [0.1, 0.15) is 6.04 Å². The van der Waals surface area contributed by atoms with Crippen molar-refractivity contribution >= 4 is 29.3 Å². The molecule has 2 amide bonds. The van der Waals surface area contributed by atoms with Gasteiger partial charge in [-0.1, -0.05) is 36.4 Å². The van der Waals surface area contributed by atoms with Crippen LogP contribution in [0.1, 0.15) is 35.2 Å². The largest absolute Gasteiger partial charge is 0.341 e. The van der Waals surface area contributed by atoms with Crippen LogP contribution < -0.4 is 5.32 Å². The molecule has 0 bridgehead atoms. The number of carbonyl (C=O) groups excluding carboxylic acids is 2. The molecule has 1 aliphatic heterocycles. The Morgan fingerprint density at radius 3 is 2.53 bits per heavy atom. The van der Waals surface area contributed by atoms with E-state index < -0.39 is 16.9 Å². The lowest BCUT2D eigenvalue weighted by atomic mass is 9.90. The molecule has 1 unspecified atom stereocenters. The standard InChI is InChI=1S/C24H29N3O4S/c1-32-15-12-22(25-23(28)20-8-5-9-21(17-20)27(30)31)24(29)26-13-10-19(11-14-26)16-18-6-3-2-4-7-18/h2-9,17,19,22H,10-16H2,1H3,(H,25,28). The van der Waals surface area contributed by atoms with Crippen LogP contribution in [0.3, 0.4) is 0 Å². The van der Waals surface area contributed by atoms with Gasteiger partial charge in [-0.05, 0) is 55.2 Å². The first-order valence-corrected chi connectivity index (χ1v) is 12.2. The molecular weight excluding hydrogens is 426 g/mol. The van der Waals surface area contributed by atoms with E-state index in [1.165, 1.54) is 29.8 Å². The number of non-ortho nitro benzene ring substituents is 1. The Balaban J connectivity index is 1.60. The van der Waals surface area contributed by atoms with Crippen LogP contribution in [0.2, 0.25) is 0 Å². The average Bonchev–Trinajstić information content (AvgIpc) is 2.82. The number of piperidine rings is 1. The topological polar surface area (TPSA) is 92.5 Å². The Bertz CT molecular complexity index is 930. The van der Waals surface area contributed by atoms with Crippen molar-refractivity contribution < 1.29 is 14.5 Å². The molecule has 1 N–H and O–H groups in total. The van der Waals surface area contributed by atoms with Crippen LogP contribution in [0, 0.1) is 16.0 Å². The van der Waals surface area contributed by atoms with E-state index in [-0.39, 0.29) is 17.2 Å². The smallest absolute Gasteiger partial charge is 0.270 e. The Morgan fingerprint density at radius 1 is 1.16 bits per heavy atom. The molecule has 0 aliphatic carbocycles. The van der Waals surface area contributed by atoms with Crippen molar-refractivity contribution in [2.24, 2.45) is 5.92 Å². The van der Waals surface area contributed by atoms with Crippen molar-refractivity contribution in [2.75, 3.05) is 25.1 Å². The van der Waals surface area contributed by atoms with Gasteiger partial charge >= 0.3 is 0 Å². The highest BCUT2D eigenvalue weighted by Gasteiger charge is 2.29. The average molecular weight is 456 g/mol. The monoisotopic (exact) mass is 455 g/mol. The number of nitro groups is 1. The summed E-state index contributed by atoms with van der Waals surface area (Å²) in [4.78, 5) is 38.2. The van der Waals surface area contributed by atoms with Crippen molar-refractivity contribution in [1.29, 1.82) is 0 Å². The van der Waals surface area contributed by atoms with Crippen LogP contribution in [0.25, 0.3) is 0 Å². The second-order valence-corrected chi connectivity index (χ2v) is 9.06. The molecule has 1 atom stereocenters. The first-order chi connectivity index (χ1) is 15.5. The van der Waals surface area contributed by atoms with Crippen molar-refractivity contribution in [2.45, 2.75) is 31.7 Å². The molecule has 0 saturated carbocycles. The van der Waals surface area contributed by atoms with Crippen molar-refractivity contribution in [3.8, 4) is 0 Å². The maximum Gasteiger partial charge on any atom is 0.270 e. The van der Waals surface area contributed by atoms with Gasteiger partial charge in [-0.25, -0.2) is 0 Å². The fourth-order valence-electron chi connectivity index (χ4n) is 4.02. The fraction of sp³-hybridized carbons (Fsp3) is 0.417. The molecule has 2 aromatic carbocycles. The molecule has 1 saturated heterocycles. The SMILES string of the molecule is CSCCC(NC(=O)c1cccc([N+](=O)[O-])c1)C(=O)N1CCC(Cc2ccccc2)CC1. The number of rotatable bonds is 9. The molecule has 7 nitrogen and oxygen atoms in total. The van der Waals surface area contributed by atoms with E-state index >= 15 is 0 Å². The number of carbonyl (C=O) groups is 2. The molecule has 0 radical (unpaired) electrons. The van der Waals surface area contributed by atoms with Crippen LogP contribution in [0.5, 0.6) is 0 Å². The van der Waals surface area contributed by atoms with E-state index in [9.17, 15) is 19.7 Å². The zero-order valence-electron chi connectivity index (χ0n) is 18.2. The summed E-state index contributed by atoms with van der Waals surface area (Å²) < 4.78 is 0. The number of benzene rings is 2. The van der Waals surface area contributed by atoms with Gasteiger partial charge < -0.3 is 10.2 Å². The Hall–Kier alpha value is -2.87. The highest BCUT2D eigenvalue weighted by atomic mass is 32.2. The summed E-state index contributed by atoms with van der Waals surface area (Å²) in [5, 5.41) is 13.8. The summed E-state index contributed by atoms with van der Waals surface area (Å²) in [6, 6.07) is 15.3. The first kappa shape index (κ1) is 23.8. The molecular formula is C24H29N3O4S. The van der Waals surface area contributed by atoms with Gasteiger partial charge in [0.25, 0.3) is 11.6 Å². The number of nitrogens with one attached hydrogen (secondary N) is 1. The lowest BCUT2D eigenvalue weighted by Gasteiger charge is -2.34. The number of nitro benzene ring substituents is 1. The molecule has 0 aromatic heterocycles. The summed E-state index contributed by atoms with van der Waals surface area (Å²) >= 11 is 1.61. The quantitative estimate of drug-likeness (QED) is 0.457. The molecule has 8 heteroatoms. The summed E-state index contributed by atoms with van der Waals surface area (Å²) in [5.74, 6) is 0.740. The lowest BCUT2D eigenvalue weighted by molar-refractivity contribution is -0.384. The Morgan fingerprint density at radius 2 is 1.88 bits per heavy atom. The van der Waals surface area contributed by atoms with E-state index in [0.717, 1.165) is 25.0 Å². The van der Waals surface area contributed by atoms with Gasteiger partial charge in [-0.15, -0.1) is 0 Å². The van der Waals surface area contributed by atoms with E-state index in [4.69, 9.17) is 0 Å². The van der Waals surface area contributed by atoms with E-state index in [1.807, 2.05) is 29.4 Å². The maximum atomic E-state index is 13.2. The molecule has 0 spiro atoms. The van der Waals surface area contributed by atoms with Crippen LogP contribution in [-0.2, 0) is 11.2 Å². The van der Waals surface area contributed by atoms with E-state index in [0.29, 0.717) is 25.4 Å². The van der Waals surface area contributed by atoms with Gasteiger partial charge in [0, 0.05) is 30.8 Å². The van der Waals surface area contributed by atoms with Crippen LogP contribution in [0.4, 0.5) is 5.69 Å². The Labute approximate surface area is 192 Å². The van der Waals surface area contributed by atoms with Gasteiger partial charge in [-0.2, -0.15) is 11.8 Å². The van der Waals surface area contributed by atoms with Gasteiger partial charge in [-0.3, -0.25) is 19.7 Å². The number of nitrogens with zero attached hydrogens (tertiary/aromatic N) is 2. The molecule has 32 heavy (non-hydrogen) atoms.